The van der Waals surface area contributed by atoms with Gasteiger partial charge in [0.2, 0.25) is 5.82 Å². The summed E-state index contributed by atoms with van der Waals surface area (Å²) in [5.74, 6) is 1.85. The van der Waals surface area contributed by atoms with E-state index in [1.807, 2.05) is 44.2 Å². The fourth-order valence-corrected chi connectivity index (χ4v) is 4.80. The minimum atomic E-state index is -0.329. The van der Waals surface area contributed by atoms with E-state index in [-0.39, 0.29) is 17.5 Å². The van der Waals surface area contributed by atoms with Gasteiger partial charge in [0, 0.05) is 0 Å². The van der Waals surface area contributed by atoms with Crippen molar-refractivity contribution in [2.75, 3.05) is 7.11 Å². The van der Waals surface area contributed by atoms with E-state index in [0.717, 1.165) is 5.39 Å². The molecule has 0 saturated carbocycles. The molecule has 0 amide bonds. The Morgan fingerprint density at radius 3 is 2.67 bits per heavy atom. The van der Waals surface area contributed by atoms with E-state index < -0.39 is 0 Å². The molecule has 0 N–H and O–H groups in total. The van der Waals surface area contributed by atoms with Crippen LogP contribution in [0.5, 0.6) is 11.5 Å². The maximum absolute atomic E-state index is 13.5. The van der Waals surface area contributed by atoms with E-state index in [4.69, 9.17) is 30.5 Å². The summed E-state index contributed by atoms with van der Waals surface area (Å²) in [4.78, 5) is 18.2. The van der Waals surface area contributed by atoms with Crippen molar-refractivity contribution in [1.82, 2.24) is 9.66 Å². The lowest BCUT2D eigenvalue weighted by molar-refractivity contribution is 0.241. The number of hydrogen-bond donors (Lipinski definition) is 0. The molecule has 9 heteroatoms. The van der Waals surface area contributed by atoms with Gasteiger partial charge in [-0.25, -0.2) is 4.98 Å². The molecule has 0 aliphatic heterocycles. The van der Waals surface area contributed by atoms with E-state index in [0.29, 0.717) is 48.8 Å². The Morgan fingerprint density at radius 2 is 1.92 bits per heavy atom. The van der Waals surface area contributed by atoms with E-state index >= 15 is 0 Å². The van der Waals surface area contributed by atoms with Crippen LogP contribution < -0.4 is 15.0 Å². The minimum absolute atomic E-state index is 0.0365. The summed E-state index contributed by atoms with van der Waals surface area (Å²) in [5, 5.41) is 6.12. The van der Waals surface area contributed by atoms with Gasteiger partial charge >= 0.3 is 0 Å². The Hall–Kier alpha value is -3.62. The van der Waals surface area contributed by atoms with Crippen molar-refractivity contribution in [1.29, 1.82) is 0 Å². The molecule has 3 aromatic carbocycles. The highest BCUT2D eigenvalue weighted by molar-refractivity contribution is 9.10. The molecule has 2 aromatic heterocycles. The van der Waals surface area contributed by atoms with Crippen molar-refractivity contribution in [3.63, 3.8) is 0 Å². The van der Waals surface area contributed by atoms with Gasteiger partial charge in [0.15, 0.2) is 11.5 Å². The van der Waals surface area contributed by atoms with Crippen LogP contribution in [0.25, 0.3) is 33.5 Å². The lowest BCUT2D eigenvalue weighted by Crippen LogP contribution is -2.20. The number of benzene rings is 3. The molecule has 0 atom stereocenters. The molecule has 0 bridgehead atoms. The SMILES string of the molecule is COc1cccc2oc(-c3nc4ccccc4c(=O)n3N=Cc3cc(Cl)c(OC(C)C)c(Br)c3)cc12. The van der Waals surface area contributed by atoms with E-state index in [2.05, 4.69) is 21.0 Å². The average Bonchev–Trinajstić information content (AvgIpc) is 3.30. The first kappa shape index (κ1) is 24.1. The molecule has 0 aliphatic carbocycles. The van der Waals surface area contributed by atoms with E-state index in [9.17, 15) is 4.79 Å². The number of methoxy groups -OCH3 is 1. The second-order valence-corrected chi connectivity index (χ2v) is 9.54. The molecule has 5 aromatic rings. The molecule has 5 rings (SSSR count). The Labute approximate surface area is 220 Å². The number of ether oxygens (including phenoxy) is 2. The van der Waals surface area contributed by atoms with Gasteiger partial charge < -0.3 is 13.9 Å². The number of hydrogen-bond acceptors (Lipinski definition) is 6. The van der Waals surface area contributed by atoms with Crippen LogP contribution in [0.3, 0.4) is 0 Å². The lowest BCUT2D eigenvalue weighted by atomic mass is 10.2. The van der Waals surface area contributed by atoms with E-state index in [1.54, 1.807) is 43.7 Å². The maximum Gasteiger partial charge on any atom is 0.282 e. The number of nitrogens with zero attached hydrogens (tertiary/aromatic N) is 3. The average molecular weight is 567 g/mol. The summed E-state index contributed by atoms with van der Waals surface area (Å²) >= 11 is 9.95. The largest absolute Gasteiger partial charge is 0.496 e. The summed E-state index contributed by atoms with van der Waals surface area (Å²) < 4.78 is 19.2. The van der Waals surface area contributed by atoms with Crippen LogP contribution in [0.2, 0.25) is 5.02 Å². The third-order valence-corrected chi connectivity index (χ3v) is 6.28. The van der Waals surface area contributed by atoms with E-state index in [1.165, 1.54) is 4.68 Å². The van der Waals surface area contributed by atoms with Crippen LogP contribution in [0, 0.1) is 0 Å². The second-order valence-electron chi connectivity index (χ2n) is 8.28. The number of rotatable bonds is 6. The van der Waals surface area contributed by atoms with Crippen molar-refractivity contribution in [2.24, 2.45) is 5.10 Å². The van der Waals surface area contributed by atoms with Crippen LogP contribution in [0.15, 0.2) is 79.4 Å². The van der Waals surface area contributed by atoms with Gasteiger partial charge in [-0.15, -0.1) is 0 Å². The minimum Gasteiger partial charge on any atom is -0.496 e. The third-order valence-electron chi connectivity index (χ3n) is 5.41. The Morgan fingerprint density at radius 1 is 1.11 bits per heavy atom. The van der Waals surface area contributed by atoms with Gasteiger partial charge in [0.05, 0.1) is 45.2 Å². The highest BCUT2D eigenvalue weighted by Gasteiger charge is 2.18. The Balaban J connectivity index is 1.67. The van der Waals surface area contributed by atoms with Gasteiger partial charge in [-0.05, 0) is 77.8 Å². The van der Waals surface area contributed by atoms with Crippen molar-refractivity contribution >= 4 is 55.6 Å². The molecular weight excluding hydrogens is 546 g/mol. The van der Waals surface area contributed by atoms with Crippen molar-refractivity contribution < 1.29 is 13.9 Å². The zero-order valence-electron chi connectivity index (χ0n) is 19.7. The zero-order chi connectivity index (χ0) is 25.4. The van der Waals surface area contributed by atoms with Gasteiger partial charge in [0.1, 0.15) is 11.3 Å². The quantitative estimate of drug-likeness (QED) is 0.209. The Kier molecular flexibility index (Phi) is 6.55. The van der Waals surface area contributed by atoms with Gasteiger partial charge in [-0.1, -0.05) is 29.8 Å². The standard InChI is InChI=1S/C27H21BrClN3O4/c1-15(2)35-25-19(28)11-16(12-20(25)29)14-30-32-26(31-21-8-5-4-7-17(21)27(32)33)24-13-18-22(34-3)9-6-10-23(18)36-24/h4-15H,1-3H3. The van der Waals surface area contributed by atoms with Crippen molar-refractivity contribution in [3.8, 4) is 23.1 Å². The van der Waals surface area contributed by atoms with Crippen LogP contribution in [0.4, 0.5) is 0 Å². The number of halogens is 2. The maximum atomic E-state index is 13.5. The topological polar surface area (TPSA) is 78.9 Å². The summed E-state index contributed by atoms with van der Waals surface area (Å²) in [6.45, 7) is 3.85. The second kappa shape index (κ2) is 9.79. The molecule has 182 valence electrons. The molecule has 0 radical (unpaired) electrons. The Bertz CT molecular complexity index is 1670. The molecule has 36 heavy (non-hydrogen) atoms. The van der Waals surface area contributed by atoms with Crippen LogP contribution in [0.1, 0.15) is 19.4 Å². The zero-order valence-corrected chi connectivity index (χ0v) is 22.0. The highest BCUT2D eigenvalue weighted by atomic mass is 79.9. The van der Waals surface area contributed by atoms with Crippen LogP contribution >= 0.6 is 27.5 Å². The predicted octanol–water partition coefficient (Wildman–Crippen LogP) is 6.90. The van der Waals surface area contributed by atoms with Gasteiger partial charge in [0.25, 0.3) is 5.56 Å². The molecule has 0 saturated heterocycles. The van der Waals surface area contributed by atoms with Crippen molar-refractivity contribution in [3.05, 3.63) is 86.1 Å². The molecule has 2 heterocycles. The fourth-order valence-electron chi connectivity index (χ4n) is 3.84. The molecule has 0 unspecified atom stereocenters. The molecular formula is C27H21BrClN3O4. The third kappa shape index (κ3) is 4.50. The summed E-state index contributed by atoms with van der Waals surface area (Å²) in [6.07, 6.45) is 1.51. The van der Waals surface area contributed by atoms with Crippen LogP contribution in [-0.4, -0.2) is 29.1 Å². The lowest BCUT2D eigenvalue weighted by Gasteiger charge is -2.13. The van der Waals surface area contributed by atoms with Crippen LogP contribution in [-0.2, 0) is 0 Å². The van der Waals surface area contributed by atoms with Gasteiger partial charge in [-0.3, -0.25) is 4.79 Å². The van der Waals surface area contributed by atoms with Gasteiger partial charge in [-0.2, -0.15) is 9.78 Å². The first-order valence-corrected chi connectivity index (χ1v) is 12.3. The summed E-state index contributed by atoms with van der Waals surface area (Å²) in [6, 6.07) is 17.9. The van der Waals surface area contributed by atoms with Crippen molar-refractivity contribution in [2.45, 2.75) is 20.0 Å². The summed E-state index contributed by atoms with van der Waals surface area (Å²) in [5.41, 5.74) is 1.49. The molecule has 0 spiro atoms. The first-order valence-electron chi connectivity index (χ1n) is 11.1. The smallest absolute Gasteiger partial charge is 0.282 e. The highest BCUT2D eigenvalue weighted by Crippen LogP contribution is 2.35. The predicted molar refractivity (Wildman–Crippen MR) is 146 cm³/mol. The number of aromatic nitrogens is 2. The number of fused-ring (bicyclic) bond motifs is 2. The fraction of sp³-hybridized carbons (Fsp3) is 0.148. The normalized spacial score (nSPS) is 11.7. The number of furan rings is 1. The summed E-state index contributed by atoms with van der Waals surface area (Å²) in [7, 11) is 1.59. The monoisotopic (exact) mass is 565 g/mol. The number of para-hydroxylation sites is 1. The molecule has 0 fully saturated rings. The molecule has 0 aliphatic rings. The molecule has 7 nitrogen and oxygen atoms in total. The first-order chi connectivity index (χ1) is 17.4.